The molecular formula is C18H19N5O2. The van der Waals surface area contributed by atoms with E-state index in [1.54, 1.807) is 7.11 Å². The minimum atomic E-state index is 0.553. The third-order valence-corrected chi connectivity index (χ3v) is 4.29. The van der Waals surface area contributed by atoms with Crippen molar-refractivity contribution in [2.75, 3.05) is 43.1 Å². The third-order valence-electron chi connectivity index (χ3n) is 4.29. The molecule has 1 fully saturated rings. The van der Waals surface area contributed by atoms with E-state index in [9.17, 15) is 0 Å². The summed E-state index contributed by atoms with van der Waals surface area (Å²) in [5.41, 5.74) is 2.03. The van der Waals surface area contributed by atoms with Crippen molar-refractivity contribution in [3.05, 3.63) is 48.7 Å². The number of methoxy groups -OCH3 is 1. The van der Waals surface area contributed by atoms with E-state index in [4.69, 9.17) is 9.26 Å². The van der Waals surface area contributed by atoms with Gasteiger partial charge in [-0.25, -0.2) is 4.98 Å². The summed E-state index contributed by atoms with van der Waals surface area (Å²) < 4.78 is 10.5. The van der Waals surface area contributed by atoms with Crippen LogP contribution in [0.4, 0.5) is 11.6 Å². The molecule has 1 aliphatic rings. The van der Waals surface area contributed by atoms with Gasteiger partial charge < -0.3 is 19.1 Å². The predicted octanol–water partition coefficient (Wildman–Crippen LogP) is 2.47. The molecule has 1 aliphatic heterocycles. The maximum atomic E-state index is 5.40. The lowest BCUT2D eigenvalue weighted by atomic mass is 10.2. The van der Waals surface area contributed by atoms with E-state index in [0.29, 0.717) is 17.7 Å². The average molecular weight is 337 g/mol. The second-order valence-electron chi connectivity index (χ2n) is 5.80. The molecule has 1 aromatic carbocycles. The van der Waals surface area contributed by atoms with Gasteiger partial charge in [0.15, 0.2) is 0 Å². The van der Waals surface area contributed by atoms with E-state index in [1.165, 1.54) is 0 Å². The van der Waals surface area contributed by atoms with Crippen molar-refractivity contribution < 1.29 is 9.26 Å². The van der Waals surface area contributed by atoms with Crippen LogP contribution in [0.1, 0.15) is 0 Å². The number of anilines is 2. The lowest BCUT2D eigenvalue weighted by Gasteiger charge is -2.35. The van der Waals surface area contributed by atoms with Gasteiger partial charge >= 0.3 is 0 Å². The van der Waals surface area contributed by atoms with Gasteiger partial charge in [-0.2, -0.15) is 4.98 Å². The fraction of sp³-hybridized carbons (Fsp3) is 0.278. The fourth-order valence-electron chi connectivity index (χ4n) is 2.89. The maximum absolute atomic E-state index is 5.40. The molecule has 0 spiro atoms. The minimum Gasteiger partial charge on any atom is -0.481 e. The summed E-state index contributed by atoms with van der Waals surface area (Å²) in [7, 11) is 1.62. The molecule has 2 aromatic heterocycles. The smallest absolute Gasteiger partial charge is 0.266 e. The lowest BCUT2D eigenvalue weighted by Crippen LogP contribution is -2.47. The highest BCUT2D eigenvalue weighted by atomic mass is 16.5. The molecule has 7 heteroatoms. The first kappa shape index (κ1) is 15.4. The van der Waals surface area contributed by atoms with Crippen molar-refractivity contribution >= 4 is 11.6 Å². The molecule has 0 unspecified atom stereocenters. The van der Waals surface area contributed by atoms with Crippen LogP contribution in [-0.2, 0) is 0 Å². The molecule has 0 bridgehead atoms. The van der Waals surface area contributed by atoms with Gasteiger partial charge in [-0.15, -0.1) is 0 Å². The molecule has 3 aromatic rings. The van der Waals surface area contributed by atoms with Crippen molar-refractivity contribution in [3.63, 3.8) is 0 Å². The molecule has 25 heavy (non-hydrogen) atoms. The largest absolute Gasteiger partial charge is 0.481 e. The van der Waals surface area contributed by atoms with E-state index in [-0.39, 0.29) is 0 Å². The molecule has 7 nitrogen and oxygen atoms in total. The first-order chi connectivity index (χ1) is 12.3. The van der Waals surface area contributed by atoms with Crippen molar-refractivity contribution in [3.8, 4) is 17.3 Å². The van der Waals surface area contributed by atoms with Crippen LogP contribution in [0.15, 0.2) is 53.2 Å². The molecule has 1 saturated heterocycles. The Kier molecular flexibility index (Phi) is 4.20. The highest BCUT2D eigenvalue weighted by molar-refractivity contribution is 5.54. The molecule has 0 atom stereocenters. The van der Waals surface area contributed by atoms with Gasteiger partial charge in [-0.3, -0.25) is 0 Å². The molecule has 4 rings (SSSR count). The Morgan fingerprint density at radius 1 is 0.960 bits per heavy atom. The molecule has 0 saturated carbocycles. The number of nitrogens with zero attached hydrogens (tertiary/aromatic N) is 5. The van der Waals surface area contributed by atoms with E-state index in [2.05, 4.69) is 24.9 Å². The van der Waals surface area contributed by atoms with Crippen LogP contribution < -0.4 is 14.5 Å². The van der Waals surface area contributed by atoms with Crippen LogP contribution in [0.5, 0.6) is 5.88 Å². The molecule has 0 aliphatic carbocycles. The van der Waals surface area contributed by atoms with Crippen LogP contribution in [0.25, 0.3) is 11.5 Å². The van der Waals surface area contributed by atoms with Gasteiger partial charge in [0, 0.05) is 37.8 Å². The summed E-state index contributed by atoms with van der Waals surface area (Å²) in [4.78, 5) is 13.2. The fourth-order valence-corrected chi connectivity index (χ4v) is 2.89. The zero-order valence-electron chi connectivity index (χ0n) is 14.0. The minimum absolute atomic E-state index is 0.553. The third kappa shape index (κ3) is 3.26. The van der Waals surface area contributed by atoms with Crippen LogP contribution in [0, 0.1) is 0 Å². The molecule has 0 N–H and O–H groups in total. The summed E-state index contributed by atoms with van der Waals surface area (Å²) in [5, 5.41) is 4.13. The first-order valence-corrected chi connectivity index (χ1v) is 8.22. The number of benzene rings is 1. The SMILES string of the molecule is COc1ccc(N2CCN(c3noc(-c4ccccc4)n3)CC2)cn1. The average Bonchev–Trinajstić information content (AvgIpc) is 3.19. The number of rotatable bonds is 4. The summed E-state index contributed by atoms with van der Waals surface area (Å²) in [6.07, 6.45) is 1.84. The van der Waals surface area contributed by atoms with Gasteiger partial charge in [0.2, 0.25) is 5.88 Å². The van der Waals surface area contributed by atoms with E-state index < -0.39 is 0 Å². The van der Waals surface area contributed by atoms with Crippen LogP contribution in [0.2, 0.25) is 0 Å². The van der Waals surface area contributed by atoms with E-state index in [0.717, 1.165) is 37.4 Å². The number of ether oxygens (including phenoxy) is 1. The molecule has 0 radical (unpaired) electrons. The van der Waals surface area contributed by atoms with E-state index >= 15 is 0 Å². The van der Waals surface area contributed by atoms with Crippen LogP contribution >= 0.6 is 0 Å². The standard InChI is InChI=1S/C18H19N5O2/c1-24-16-8-7-15(13-19-16)22-9-11-23(12-10-22)18-20-17(25-21-18)14-5-3-2-4-6-14/h2-8,13H,9-12H2,1H3. The first-order valence-electron chi connectivity index (χ1n) is 8.22. The summed E-state index contributed by atoms with van der Waals surface area (Å²) in [6.45, 7) is 3.42. The Bertz CT molecular complexity index is 811. The number of piperazine rings is 1. The van der Waals surface area contributed by atoms with Crippen molar-refractivity contribution in [2.45, 2.75) is 0 Å². The number of hydrogen-bond donors (Lipinski definition) is 0. The Morgan fingerprint density at radius 2 is 1.72 bits per heavy atom. The monoisotopic (exact) mass is 337 g/mol. The molecular weight excluding hydrogens is 318 g/mol. The Morgan fingerprint density at radius 3 is 2.40 bits per heavy atom. The van der Waals surface area contributed by atoms with Gasteiger partial charge in [-0.05, 0) is 23.4 Å². The summed E-state index contributed by atoms with van der Waals surface area (Å²) in [6, 6.07) is 13.7. The second-order valence-corrected chi connectivity index (χ2v) is 5.80. The number of aromatic nitrogens is 3. The molecule has 0 amide bonds. The Balaban J connectivity index is 1.41. The predicted molar refractivity (Wildman–Crippen MR) is 94.9 cm³/mol. The van der Waals surface area contributed by atoms with Crippen LogP contribution in [-0.4, -0.2) is 48.4 Å². The second kappa shape index (κ2) is 6.80. The normalized spacial score (nSPS) is 14.6. The lowest BCUT2D eigenvalue weighted by molar-refractivity contribution is 0.398. The Labute approximate surface area is 145 Å². The van der Waals surface area contributed by atoms with Crippen LogP contribution in [0.3, 0.4) is 0 Å². The highest BCUT2D eigenvalue weighted by Gasteiger charge is 2.21. The van der Waals surface area contributed by atoms with Gasteiger partial charge in [0.05, 0.1) is 19.0 Å². The van der Waals surface area contributed by atoms with Crippen molar-refractivity contribution in [1.82, 2.24) is 15.1 Å². The Hall–Kier alpha value is -3.09. The zero-order valence-corrected chi connectivity index (χ0v) is 14.0. The summed E-state index contributed by atoms with van der Waals surface area (Å²) >= 11 is 0. The maximum Gasteiger partial charge on any atom is 0.266 e. The number of pyridine rings is 1. The zero-order chi connectivity index (χ0) is 17.1. The summed E-state index contributed by atoms with van der Waals surface area (Å²) in [5.74, 6) is 1.83. The van der Waals surface area contributed by atoms with Gasteiger partial charge in [-0.1, -0.05) is 18.2 Å². The molecule has 128 valence electrons. The quantitative estimate of drug-likeness (QED) is 0.724. The van der Waals surface area contributed by atoms with Crippen molar-refractivity contribution in [1.29, 1.82) is 0 Å². The van der Waals surface area contributed by atoms with E-state index in [1.807, 2.05) is 48.7 Å². The van der Waals surface area contributed by atoms with Crippen molar-refractivity contribution in [2.24, 2.45) is 0 Å². The van der Waals surface area contributed by atoms with Gasteiger partial charge in [0.1, 0.15) is 0 Å². The molecule has 3 heterocycles. The topological polar surface area (TPSA) is 67.5 Å². The van der Waals surface area contributed by atoms with Gasteiger partial charge in [0.25, 0.3) is 11.8 Å². The highest BCUT2D eigenvalue weighted by Crippen LogP contribution is 2.22. The number of hydrogen-bond acceptors (Lipinski definition) is 7.